The number of likely N-dealkylation sites (tertiary alicyclic amines) is 1. The van der Waals surface area contributed by atoms with Gasteiger partial charge in [0, 0.05) is 26.8 Å². The van der Waals surface area contributed by atoms with Crippen LogP contribution in [0, 0.1) is 9.49 Å². The highest BCUT2D eigenvalue weighted by Gasteiger charge is 2.28. The number of rotatable bonds is 8. The molecule has 39 heavy (non-hydrogen) atoms. The first-order chi connectivity index (χ1) is 18.9. The molecule has 0 radical (unpaired) electrons. The Hall–Kier alpha value is -2.77. The second-order valence-corrected chi connectivity index (χ2v) is 12.1. The van der Waals surface area contributed by atoms with E-state index < -0.39 is 0 Å². The molecule has 1 saturated heterocycles. The molecular weight excluding hydrogens is 593 g/mol. The predicted molar refractivity (Wildman–Crippen MR) is 169 cm³/mol. The maximum atomic E-state index is 13.0. The van der Waals surface area contributed by atoms with Crippen LogP contribution in [0.5, 0.6) is 0 Å². The van der Waals surface area contributed by atoms with Crippen LogP contribution in [0.3, 0.4) is 0 Å². The van der Waals surface area contributed by atoms with E-state index in [1.54, 1.807) is 0 Å². The fourth-order valence-electron chi connectivity index (χ4n) is 5.94. The number of aromatic nitrogens is 1. The third-order valence-electron chi connectivity index (χ3n) is 8.62. The number of piperidine rings is 1. The van der Waals surface area contributed by atoms with Crippen LogP contribution in [-0.2, 0) is 0 Å². The number of hydrogen-bond donors (Lipinski definition) is 1. The quantitative estimate of drug-likeness (QED) is 0.199. The molecule has 202 valence electrons. The Kier molecular flexibility index (Phi) is 8.98. The van der Waals surface area contributed by atoms with Crippen LogP contribution in [-0.4, -0.2) is 28.9 Å². The summed E-state index contributed by atoms with van der Waals surface area (Å²) in [4.78, 5) is 20.1. The molecule has 2 heterocycles. The summed E-state index contributed by atoms with van der Waals surface area (Å²) in [5, 5.41) is 4.43. The van der Waals surface area contributed by atoms with Gasteiger partial charge in [-0.1, -0.05) is 50.2 Å². The van der Waals surface area contributed by atoms with E-state index in [2.05, 4.69) is 119 Å². The van der Waals surface area contributed by atoms with Gasteiger partial charge in [-0.25, -0.2) is 0 Å². The van der Waals surface area contributed by atoms with Gasteiger partial charge in [-0.15, -0.1) is 0 Å². The summed E-state index contributed by atoms with van der Waals surface area (Å²) in [5.74, 6) is 1.12. The summed E-state index contributed by atoms with van der Waals surface area (Å²) in [6, 6.07) is 27.9. The van der Waals surface area contributed by atoms with Crippen molar-refractivity contribution in [2.75, 3.05) is 13.1 Å². The summed E-state index contributed by atoms with van der Waals surface area (Å²) in [7, 11) is 0. The average molecular weight is 632 g/mol. The number of carbonyl (C=O) groups is 1. The molecule has 5 rings (SSSR count). The lowest BCUT2D eigenvalue weighted by Gasteiger charge is -2.38. The lowest BCUT2D eigenvalue weighted by atomic mass is 9.80. The van der Waals surface area contributed by atoms with E-state index in [-0.39, 0.29) is 11.9 Å². The van der Waals surface area contributed by atoms with Crippen molar-refractivity contribution in [1.82, 2.24) is 15.2 Å². The fourth-order valence-corrected chi connectivity index (χ4v) is 6.30. The number of pyridine rings is 1. The molecule has 1 fully saturated rings. The number of carbonyl (C=O) groups excluding carboxylic acids is 1. The van der Waals surface area contributed by atoms with Crippen molar-refractivity contribution in [2.45, 2.75) is 58.0 Å². The topological polar surface area (TPSA) is 45.2 Å². The zero-order chi connectivity index (χ0) is 27.4. The largest absolute Gasteiger partial charge is 0.345 e. The number of hydrogen-bond acceptors (Lipinski definition) is 3. The molecule has 4 aromatic rings. The predicted octanol–water partition coefficient (Wildman–Crippen LogP) is 8.30. The number of benzene rings is 3. The number of fused-ring (bicyclic) bond motifs is 1. The number of amides is 1. The second-order valence-electron chi connectivity index (χ2n) is 10.9. The smallest absolute Gasteiger partial charge is 0.251 e. The van der Waals surface area contributed by atoms with Crippen molar-refractivity contribution in [3.63, 3.8) is 0 Å². The van der Waals surface area contributed by atoms with Crippen molar-refractivity contribution in [1.29, 1.82) is 0 Å². The maximum absolute atomic E-state index is 13.0. The summed E-state index contributed by atoms with van der Waals surface area (Å²) in [6.07, 6.45) is 5.10. The Balaban J connectivity index is 1.16. The van der Waals surface area contributed by atoms with Crippen molar-refractivity contribution in [3.05, 3.63) is 111 Å². The first kappa shape index (κ1) is 27.8. The van der Waals surface area contributed by atoms with Crippen molar-refractivity contribution in [2.24, 2.45) is 5.92 Å². The van der Waals surface area contributed by atoms with Gasteiger partial charge in [-0.2, -0.15) is 0 Å². The molecule has 4 nitrogen and oxygen atoms in total. The highest BCUT2D eigenvalue weighted by Crippen LogP contribution is 2.35. The van der Waals surface area contributed by atoms with Crippen LogP contribution in [0.1, 0.15) is 85.1 Å². The van der Waals surface area contributed by atoms with E-state index >= 15 is 0 Å². The van der Waals surface area contributed by atoms with E-state index in [1.165, 1.54) is 32.9 Å². The Morgan fingerprint density at radius 3 is 2.31 bits per heavy atom. The van der Waals surface area contributed by atoms with E-state index in [4.69, 9.17) is 0 Å². The van der Waals surface area contributed by atoms with Gasteiger partial charge in [-0.3, -0.25) is 14.7 Å². The van der Waals surface area contributed by atoms with E-state index in [9.17, 15) is 4.79 Å². The summed E-state index contributed by atoms with van der Waals surface area (Å²) in [6.45, 7) is 9.00. The molecule has 1 aliphatic rings. The second kappa shape index (κ2) is 12.6. The molecule has 0 aliphatic carbocycles. The van der Waals surface area contributed by atoms with Gasteiger partial charge in [0.05, 0.1) is 11.6 Å². The standard InChI is InChI=1S/C34H38IN3O/c1-4-32(27-11-14-31(35)15-12-27)37-34(39)28-9-7-25(8-10-28)23(2)26-17-20-38(21-18-26)24(3)29-13-16-33-30(22-29)6-5-19-36-33/h5-16,19,22-24,26,32H,4,17-18,20-21H2,1-3H3,(H,37,39)/t23?,24?,32-/m1/s1. The van der Waals surface area contributed by atoms with Crippen molar-refractivity contribution in [3.8, 4) is 0 Å². The highest BCUT2D eigenvalue weighted by molar-refractivity contribution is 14.1. The molecule has 0 spiro atoms. The molecule has 1 aromatic heterocycles. The minimum atomic E-state index is -0.00799. The normalized spacial score (nSPS) is 17.0. The zero-order valence-corrected chi connectivity index (χ0v) is 25.3. The van der Waals surface area contributed by atoms with Gasteiger partial charge in [0.2, 0.25) is 0 Å². The van der Waals surface area contributed by atoms with Crippen molar-refractivity contribution < 1.29 is 4.79 Å². The molecule has 0 bridgehead atoms. The molecule has 1 N–H and O–H groups in total. The van der Waals surface area contributed by atoms with Crippen LogP contribution in [0.25, 0.3) is 10.9 Å². The molecular formula is C34H38IN3O. The van der Waals surface area contributed by atoms with Crippen LogP contribution >= 0.6 is 22.6 Å². The minimum Gasteiger partial charge on any atom is -0.345 e. The van der Waals surface area contributed by atoms with Gasteiger partial charge >= 0.3 is 0 Å². The monoisotopic (exact) mass is 631 g/mol. The number of nitrogens with one attached hydrogen (secondary N) is 1. The van der Waals surface area contributed by atoms with Crippen LogP contribution in [0.4, 0.5) is 0 Å². The first-order valence-corrected chi connectivity index (χ1v) is 15.3. The lowest BCUT2D eigenvalue weighted by molar-refractivity contribution is 0.0935. The minimum absolute atomic E-state index is 0.00799. The molecule has 3 atom stereocenters. The molecule has 1 amide bonds. The third-order valence-corrected chi connectivity index (χ3v) is 9.34. The van der Waals surface area contributed by atoms with Gasteiger partial charge in [0.25, 0.3) is 5.91 Å². The molecule has 1 aliphatic heterocycles. The SMILES string of the molecule is CC[C@@H](NC(=O)c1ccc(C(C)C2CCN(C(C)c3ccc4ncccc4c3)CC2)cc1)c1ccc(I)cc1. The van der Waals surface area contributed by atoms with E-state index in [1.807, 2.05) is 24.4 Å². The fraction of sp³-hybridized carbons (Fsp3) is 0.353. The first-order valence-electron chi connectivity index (χ1n) is 14.2. The third kappa shape index (κ3) is 6.52. The highest BCUT2D eigenvalue weighted by atomic mass is 127. The molecule has 5 heteroatoms. The van der Waals surface area contributed by atoms with Crippen LogP contribution in [0.15, 0.2) is 85.1 Å². The van der Waals surface area contributed by atoms with Crippen molar-refractivity contribution >= 4 is 39.4 Å². The Morgan fingerprint density at radius 2 is 1.62 bits per heavy atom. The maximum Gasteiger partial charge on any atom is 0.251 e. The molecule has 2 unspecified atom stereocenters. The van der Waals surface area contributed by atoms with Gasteiger partial charge in [-0.05, 0) is 133 Å². The Morgan fingerprint density at radius 1 is 0.949 bits per heavy atom. The summed E-state index contributed by atoms with van der Waals surface area (Å²) >= 11 is 2.31. The zero-order valence-electron chi connectivity index (χ0n) is 23.1. The van der Waals surface area contributed by atoms with E-state index in [0.717, 1.165) is 36.2 Å². The van der Waals surface area contributed by atoms with Gasteiger partial charge in [0.1, 0.15) is 0 Å². The molecule has 0 saturated carbocycles. The number of nitrogens with zero attached hydrogens (tertiary/aromatic N) is 2. The van der Waals surface area contributed by atoms with E-state index in [0.29, 0.717) is 17.9 Å². The average Bonchev–Trinajstić information content (AvgIpc) is 2.99. The van der Waals surface area contributed by atoms with Crippen LogP contribution in [0.2, 0.25) is 0 Å². The summed E-state index contributed by atoms with van der Waals surface area (Å²) < 4.78 is 1.20. The van der Waals surface area contributed by atoms with Crippen LogP contribution < -0.4 is 5.32 Å². The summed E-state index contributed by atoms with van der Waals surface area (Å²) in [5.41, 5.74) is 5.62. The Labute approximate surface area is 246 Å². The molecule has 3 aromatic carbocycles. The number of halogens is 1. The lowest BCUT2D eigenvalue weighted by Crippen LogP contribution is -2.37. The van der Waals surface area contributed by atoms with Gasteiger partial charge in [0.15, 0.2) is 0 Å². The Bertz CT molecular complexity index is 1390. The van der Waals surface area contributed by atoms with Gasteiger partial charge < -0.3 is 5.32 Å².